The fourth-order valence-corrected chi connectivity index (χ4v) is 2.28. The third-order valence-electron chi connectivity index (χ3n) is 3.39. The summed E-state index contributed by atoms with van der Waals surface area (Å²) in [5.74, 6) is 0.381. The molecule has 0 bridgehead atoms. The van der Waals surface area contributed by atoms with Crippen molar-refractivity contribution >= 4 is 6.09 Å². The Hall–Kier alpha value is -1.03. The highest BCUT2D eigenvalue weighted by atomic mass is 16.6. The lowest BCUT2D eigenvalue weighted by Gasteiger charge is -2.25. The molecule has 1 amide bonds. The van der Waals surface area contributed by atoms with Gasteiger partial charge in [0.15, 0.2) is 0 Å². The van der Waals surface area contributed by atoms with Crippen molar-refractivity contribution in [3.63, 3.8) is 0 Å². The molecule has 110 valence electrons. The van der Waals surface area contributed by atoms with E-state index in [1.54, 1.807) is 4.90 Å². The molecule has 2 unspecified atom stereocenters. The van der Waals surface area contributed by atoms with Crippen LogP contribution in [-0.2, 0) is 4.74 Å². The summed E-state index contributed by atoms with van der Waals surface area (Å²) in [6.45, 7) is 13.0. The third kappa shape index (κ3) is 5.64. The van der Waals surface area contributed by atoms with E-state index in [-0.39, 0.29) is 12.1 Å². The topological polar surface area (TPSA) is 55.6 Å². The van der Waals surface area contributed by atoms with E-state index < -0.39 is 5.60 Å². The van der Waals surface area contributed by atoms with E-state index in [4.69, 9.17) is 10.5 Å². The first kappa shape index (κ1) is 16.0. The predicted molar refractivity (Wildman–Crippen MR) is 77.9 cm³/mol. The molecule has 2 atom stereocenters. The van der Waals surface area contributed by atoms with Crippen molar-refractivity contribution in [1.82, 2.24) is 4.90 Å². The van der Waals surface area contributed by atoms with E-state index in [2.05, 4.69) is 6.58 Å². The average Bonchev–Trinajstić information content (AvgIpc) is 2.72. The van der Waals surface area contributed by atoms with Gasteiger partial charge in [0.2, 0.25) is 0 Å². The number of nitrogens with zero attached hydrogens (tertiary/aromatic N) is 1. The molecular formula is C15H28N2O2. The second-order valence-electron chi connectivity index (χ2n) is 6.63. The molecule has 1 aliphatic heterocycles. The lowest BCUT2D eigenvalue weighted by atomic mass is 9.94. The fourth-order valence-electron chi connectivity index (χ4n) is 2.28. The number of amides is 1. The lowest BCUT2D eigenvalue weighted by Crippen LogP contribution is -2.37. The molecule has 0 radical (unpaired) electrons. The zero-order valence-corrected chi connectivity index (χ0v) is 12.7. The summed E-state index contributed by atoms with van der Waals surface area (Å²) < 4.78 is 5.38. The van der Waals surface area contributed by atoms with E-state index in [0.29, 0.717) is 12.5 Å². The van der Waals surface area contributed by atoms with Gasteiger partial charge in [-0.2, -0.15) is 0 Å². The van der Waals surface area contributed by atoms with Gasteiger partial charge in [-0.15, -0.1) is 6.58 Å². The highest BCUT2D eigenvalue weighted by Gasteiger charge is 2.32. The molecule has 1 aliphatic rings. The summed E-state index contributed by atoms with van der Waals surface area (Å²) in [5.41, 5.74) is 6.93. The third-order valence-corrected chi connectivity index (χ3v) is 3.39. The molecule has 19 heavy (non-hydrogen) atoms. The summed E-state index contributed by atoms with van der Waals surface area (Å²) >= 11 is 0. The van der Waals surface area contributed by atoms with Crippen molar-refractivity contribution in [3.05, 3.63) is 12.2 Å². The second kappa shape index (κ2) is 6.42. The van der Waals surface area contributed by atoms with Gasteiger partial charge >= 0.3 is 6.09 Å². The molecule has 4 nitrogen and oxygen atoms in total. The Labute approximate surface area is 117 Å². The highest BCUT2D eigenvalue weighted by molar-refractivity contribution is 5.68. The summed E-state index contributed by atoms with van der Waals surface area (Å²) in [6.07, 6.45) is 2.66. The van der Waals surface area contributed by atoms with Crippen LogP contribution in [0.1, 0.15) is 47.0 Å². The summed E-state index contributed by atoms with van der Waals surface area (Å²) in [4.78, 5) is 13.7. The molecule has 1 saturated heterocycles. The zero-order chi connectivity index (χ0) is 14.6. The summed E-state index contributed by atoms with van der Waals surface area (Å²) in [5, 5.41) is 0. The standard InChI is InChI=1S/C15H28N2O2/c1-11(2)6-7-13(16)12-8-9-17(10-12)14(18)19-15(3,4)5/h12-13H,1,6-10,16H2,2-5H3. The van der Waals surface area contributed by atoms with Crippen LogP contribution in [0, 0.1) is 5.92 Å². The van der Waals surface area contributed by atoms with Gasteiger partial charge in [-0.05, 0) is 52.9 Å². The molecular weight excluding hydrogens is 240 g/mol. The number of hydrogen-bond donors (Lipinski definition) is 1. The minimum Gasteiger partial charge on any atom is -0.444 e. The Morgan fingerprint density at radius 1 is 1.53 bits per heavy atom. The minimum atomic E-state index is -0.433. The van der Waals surface area contributed by atoms with Gasteiger partial charge < -0.3 is 15.4 Å². The second-order valence-corrected chi connectivity index (χ2v) is 6.63. The number of hydrogen-bond acceptors (Lipinski definition) is 3. The first-order valence-corrected chi connectivity index (χ1v) is 7.07. The molecule has 0 aromatic heterocycles. The molecule has 0 aromatic rings. The Kier molecular flexibility index (Phi) is 5.41. The number of ether oxygens (including phenoxy) is 1. The molecule has 0 spiro atoms. The van der Waals surface area contributed by atoms with E-state index in [1.165, 1.54) is 0 Å². The molecule has 0 saturated carbocycles. The maximum atomic E-state index is 11.9. The fraction of sp³-hybridized carbons (Fsp3) is 0.800. The molecule has 0 aliphatic carbocycles. The minimum absolute atomic E-state index is 0.143. The van der Waals surface area contributed by atoms with Gasteiger partial charge in [0, 0.05) is 19.1 Å². The number of carbonyl (C=O) groups excluding carboxylic acids is 1. The lowest BCUT2D eigenvalue weighted by molar-refractivity contribution is 0.0286. The van der Waals surface area contributed by atoms with Crippen molar-refractivity contribution in [2.45, 2.75) is 58.6 Å². The van der Waals surface area contributed by atoms with Gasteiger partial charge in [0.05, 0.1) is 0 Å². The number of rotatable bonds is 4. The number of carbonyl (C=O) groups is 1. The summed E-state index contributed by atoms with van der Waals surface area (Å²) in [6, 6.07) is 0.143. The van der Waals surface area contributed by atoms with Crippen LogP contribution in [-0.4, -0.2) is 35.7 Å². The van der Waals surface area contributed by atoms with Crippen molar-refractivity contribution in [2.75, 3.05) is 13.1 Å². The molecule has 4 heteroatoms. The van der Waals surface area contributed by atoms with Crippen LogP contribution in [0.5, 0.6) is 0 Å². The first-order valence-electron chi connectivity index (χ1n) is 7.07. The van der Waals surface area contributed by atoms with Crippen LogP contribution in [0.3, 0.4) is 0 Å². The van der Waals surface area contributed by atoms with E-state index in [1.807, 2.05) is 27.7 Å². The Morgan fingerprint density at radius 2 is 2.16 bits per heavy atom. The number of allylic oxidation sites excluding steroid dienone is 1. The summed E-state index contributed by atoms with van der Waals surface area (Å²) in [7, 11) is 0. The van der Waals surface area contributed by atoms with Gasteiger partial charge in [-0.3, -0.25) is 0 Å². The SMILES string of the molecule is C=C(C)CCC(N)C1CCN(C(=O)OC(C)(C)C)C1. The Morgan fingerprint density at radius 3 is 2.68 bits per heavy atom. The number of nitrogens with two attached hydrogens (primary N) is 1. The molecule has 1 rings (SSSR count). The van der Waals surface area contributed by atoms with E-state index in [0.717, 1.165) is 31.4 Å². The molecule has 1 fully saturated rings. The van der Waals surface area contributed by atoms with E-state index in [9.17, 15) is 4.79 Å². The average molecular weight is 268 g/mol. The van der Waals surface area contributed by atoms with Crippen LogP contribution >= 0.6 is 0 Å². The van der Waals surface area contributed by atoms with Crippen LogP contribution in [0.25, 0.3) is 0 Å². The van der Waals surface area contributed by atoms with Crippen molar-refractivity contribution < 1.29 is 9.53 Å². The zero-order valence-electron chi connectivity index (χ0n) is 12.7. The van der Waals surface area contributed by atoms with Crippen LogP contribution in [0.15, 0.2) is 12.2 Å². The quantitative estimate of drug-likeness (QED) is 0.798. The van der Waals surface area contributed by atoms with Gasteiger partial charge in [-0.1, -0.05) is 5.57 Å². The number of likely N-dealkylation sites (tertiary alicyclic amines) is 1. The van der Waals surface area contributed by atoms with Gasteiger partial charge in [0.1, 0.15) is 5.60 Å². The normalized spacial score (nSPS) is 21.3. The first-order chi connectivity index (χ1) is 8.69. The van der Waals surface area contributed by atoms with Gasteiger partial charge in [-0.25, -0.2) is 4.79 Å². The van der Waals surface area contributed by atoms with Crippen LogP contribution in [0.2, 0.25) is 0 Å². The Bertz CT molecular complexity index is 334. The van der Waals surface area contributed by atoms with Crippen LogP contribution in [0.4, 0.5) is 4.79 Å². The Balaban J connectivity index is 2.40. The van der Waals surface area contributed by atoms with Crippen molar-refractivity contribution in [2.24, 2.45) is 11.7 Å². The monoisotopic (exact) mass is 268 g/mol. The smallest absolute Gasteiger partial charge is 0.410 e. The highest BCUT2D eigenvalue weighted by Crippen LogP contribution is 2.23. The molecule has 0 aromatic carbocycles. The predicted octanol–water partition coefficient (Wildman–Crippen LogP) is 2.93. The molecule has 1 heterocycles. The van der Waals surface area contributed by atoms with Crippen molar-refractivity contribution in [3.8, 4) is 0 Å². The largest absolute Gasteiger partial charge is 0.444 e. The van der Waals surface area contributed by atoms with Crippen molar-refractivity contribution in [1.29, 1.82) is 0 Å². The van der Waals surface area contributed by atoms with Gasteiger partial charge in [0.25, 0.3) is 0 Å². The molecule has 2 N–H and O–H groups in total. The maximum Gasteiger partial charge on any atom is 0.410 e. The van der Waals surface area contributed by atoms with Crippen LogP contribution < -0.4 is 5.73 Å². The maximum absolute atomic E-state index is 11.9. The van der Waals surface area contributed by atoms with E-state index >= 15 is 0 Å².